The van der Waals surface area contributed by atoms with Gasteiger partial charge in [0.1, 0.15) is 16.4 Å². The van der Waals surface area contributed by atoms with Crippen LogP contribution < -0.4 is 10.5 Å². The minimum Gasteiger partial charge on any atom is -0.465 e. The Morgan fingerprint density at radius 3 is 2.63 bits per heavy atom. The predicted octanol–water partition coefficient (Wildman–Crippen LogP) is 2.30. The fraction of sp³-hybridized carbons (Fsp3) is 0.167. The lowest BCUT2D eigenvalue weighted by Crippen LogP contribution is -2.23. The van der Waals surface area contributed by atoms with Gasteiger partial charge in [-0.25, -0.2) is 13.1 Å². The Morgan fingerprint density at radius 2 is 2.05 bits per heavy atom. The summed E-state index contributed by atoms with van der Waals surface area (Å²) in [4.78, 5) is 0.000165. The summed E-state index contributed by atoms with van der Waals surface area (Å²) in [5.41, 5.74) is 5.76. The molecule has 7 heteroatoms. The molecule has 1 heterocycles. The monoisotopic (exact) mass is 300 g/mol. The van der Waals surface area contributed by atoms with E-state index in [1.165, 1.54) is 18.2 Å². The maximum Gasteiger partial charge on any atom is 0.243 e. The van der Waals surface area contributed by atoms with Crippen LogP contribution in [0, 0.1) is 6.92 Å². The average molecular weight is 301 g/mol. The summed E-state index contributed by atoms with van der Waals surface area (Å²) in [7, 11) is -3.69. The molecule has 0 radical (unpaired) electrons. The van der Waals surface area contributed by atoms with Crippen LogP contribution in [0.5, 0.6) is 0 Å². The highest BCUT2D eigenvalue weighted by Gasteiger charge is 2.17. The van der Waals surface area contributed by atoms with Crippen molar-refractivity contribution >= 4 is 27.3 Å². The summed E-state index contributed by atoms with van der Waals surface area (Å²) in [6, 6.07) is 7.72. The van der Waals surface area contributed by atoms with Gasteiger partial charge in [0.05, 0.1) is 12.2 Å². The SMILES string of the molecule is Cc1ccc(CNS(=O)(=O)c2ccc(Cl)cc2N)o1. The van der Waals surface area contributed by atoms with Crippen molar-refractivity contribution < 1.29 is 12.8 Å². The van der Waals surface area contributed by atoms with E-state index in [9.17, 15) is 8.42 Å². The zero-order valence-electron chi connectivity index (χ0n) is 10.2. The van der Waals surface area contributed by atoms with Crippen molar-refractivity contribution in [3.05, 3.63) is 46.9 Å². The van der Waals surface area contributed by atoms with E-state index in [-0.39, 0.29) is 17.1 Å². The average Bonchev–Trinajstić information content (AvgIpc) is 2.72. The Kier molecular flexibility index (Phi) is 3.84. The standard InChI is InChI=1S/C12H13ClN2O3S/c1-8-2-4-10(18-8)7-15-19(16,17)12-5-3-9(13)6-11(12)14/h2-6,15H,7,14H2,1H3. The zero-order chi connectivity index (χ0) is 14.0. The number of nitrogen functional groups attached to an aromatic ring is 1. The fourth-order valence-corrected chi connectivity index (χ4v) is 2.87. The van der Waals surface area contributed by atoms with E-state index in [1.54, 1.807) is 19.1 Å². The lowest BCUT2D eigenvalue weighted by atomic mass is 10.3. The third kappa shape index (κ3) is 3.28. The minimum absolute atomic E-state index is 0.000165. The zero-order valence-corrected chi connectivity index (χ0v) is 11.8. The molecule has 0 atom stereocenters. The number of rotatable bonds is 4. The van der Waals surface area contributed by atoms with Gasteiger partial charge in [-0.2, -0.15) is 0 Å². The van der Waals surface area contributed by atoms with Crippen LogP contribution in [0.15, 0.2) is 39.6 Å². The minimum atomic E-state index is -3.69. The molecule has 2 rings (SSSR count). The van der Waals surface area contributed by atoms with E-state index in [1.807, 2.05) is 0 Å². The maximum absolute atomic E-state index is 12.1. The molecule has 0 saturated heterocycles. The second-order valence-electron chi connectivity index (χ2n) is 4.02. The molecular formula is C12H13ClN2O3S. The van der Waals surface area contributed by atoms with Crippen LogP contribution >= 0.6 is 11.6 Å². The predicted molar refractivity (Wildman–Crippen MR) is 73.3 cm³/mol. The van der Waals surface area contributed by atoms with Crippen molar-refractivity contribution in [1.29, 1.82) is 0 Å². The molecule has 3 N–H and O–H groups in total. The molecule has 1 aromatic carbocycles. The quantitative estimate of drug-likeness (QED) is 0.848. The number of nitrogens with two attached hydrogens (primary N) is 1. The first-order chi connectivity index (χ1) is 8.88. The van der Waals surface area contributed by atoms with Crippen LogP contribution in [0.25, 0.3) is 0 Å². The summed E-state index contributed by atoms with van der Waals surface area (Å²) in [5, 5.41) is 0.387. The van der Waals surface area contributed by atoms with Crippen molar-refractivity contribution in [2.24, 2.45) is 0 Å². The molecule has 1 aromatic heterocycles. The van der Waals surface area contributed by atoms with E-state index in [0.717, 1.165) is 5.76 Å². The number of hydrogen-bond donors (Lipinski definition) is 2. The molecule has 0 fully saturated rings. The van der Waals surface area contributed by atoms with Crippen LogP contribution in [0.2, 0.25) is 5.02 Å². The van der Waals surface area contributed by atoms with E-state index in [0.29, 0.717) is 10.8 Å². The van der Waals surface area contributed by atoms with Crippen molar-refractivity contribution in [3.63, 3.8) is 0 Å². The topological polar surface area (TPSA) is 85.3 Å². The smallest absolute Gasteiger partial charge is 0.243 e. The van der Waals surface area contributed by atoms with Gasteiger partial charge in [-0.05, 0) is 37.3 Å². The van der Waals surface area contributed by atoms with E-state index in [4.69, 9.17) is 21.8 Å². The van der Waals surface area contributed by atoms with Crippen molar-refractivity contribution in [2.75, 3.05) is 5.73 Å². The number of nitrogens with one attached hydrogen (secondary N) is 1. The first-order valence-corrected chi connectivity index (χ1v) is 7.34. The summed E-state index contributed by atoms with van der Waals surface area (Å²) in [6.45, 7) is 1.85. The molecule has 0 aliphatic heterocycles. The molecule has 2 aromatic rings. The highest BCUT2D eigenvalue weighted by atomic mass is 35.5. The Labute approximate surface area is 116 Å². The molecule has 0 saturated carbocycles. The second-order valence-corrected chi connectivity index (χ2v) is 6.19. The van der Waals surface area contributed by atoms with Gasteiger partial charge >= 0.3 is 0 Å². The van der Waals surface area contributed by atoms with Gasteiger partial charge in [-0.1, -0.05) is 11.6 Å². The summed E-state index contributed by atoms with van der Waals surface area (Å²) < 4.78 is 31.8. The summed E-state index contributed by atoms with van der Waals surface area (Å²) >= 11 is 5.73. The molecule has 0 aliphatic rings. The molecule has 19 heavy (non-hydrogen) atoms. The van der Waals surface area contributed by atoms with Gasteiger partial charge in [0.15, 0.2) is 0 Å². The van der Waals surface area contributed by atoms with Crippen LogP contribution in [0.4, 0.5) is 5.69 Å². The van der Waals surface area contributed by atoms with E-state index >= 15 is 0 Å². The highest BCUT2D eigenvalue weighted by Crippen LogP contribution is 2.22. The summed E-state index contributed by atoms with van der Waals surface area (Å²) in [5.74, 6) is 1.26. The number of halogens is 1. The number of benzene rings is 1. The van der Waals surface area contributed by atoms with Crippen molar-refractivity contribution in [1.82, 2.24) is 4.72 Å². The Morgan fingerprint density at radius 1 is 1.32 bits per heavy atom. The van der Waals surface area contributed by atoms with Gasteiger partial charge in [-0.3, -0.25) is 0 Å². The number of furan rings is 1. The molecule has 0 aliphatic carbocycles. The third-order valence-corrected chi connectivity index (χ3v) is 4.20. The molecule has 0 spiro atoms. The lowest BCUT2D eigenvalue weighted by molar-refractivity contribution is 0.475. The molecule has 102 valence electrons. The van der Waals surface area contributed by atoms with Gasteiger partial charge in [-0.15, -0.1) is 0 Å². The highest BCUT2D eigenvalue weighted by molar-refractivity contribution is 7.89. The Balaban J connectivity index is 2.18. The number of sulfonamides is 1. The Bertz CT molecular complexity index is 695. The molecule has 5 nitrogen and oxygen atoms in total. The van der Waals surface area contributed by atoms with Crippen LogP contribution in [-0.4, -0.2) is 8.42 Å². The van der Waals surface area contributed by atoms with Crippen LogP contribution in [-0.2, 0) is 16.6 Å². The van der Waals surface area contributed by atoms with Crippen molar-refractivity contribution in [3.8, 4) is 0 Å². The first kappa shape index (κ1) is 13.9. The normalized spacial score (nSPS) is 11.7. The fourth-order valence-electron chi connectivity index (χ4n) is 1.59. The number of hydrogen-bond acceptors (Lipinski definition) is 4. The summed E-state index contributed by atoms with van der Waals surface area (Å²) in [6.07, 6.45) is 0. The third-order valence-electron chi connectivity index (χ3n) is 2.49. The Hall–Kier alpha value is -1.50. The molecule has 0 amide bonds. The van der Waals surface area contributed by atoms with Gasteiger partial charge in [0.2, 0.25) is 10.0 Å². The van der Waals surface area contributed by atoms with Gasteiger partial charge < -0.3 is 10.2 Å². The number of aryl methyl sites for hydroxylation is 1. The second kappa shape index (κ2) is 5.24. The maximum atomic E-state index is 12.1. The lowest BCUT2D eigenvalue weighted by Gasteiger charge is -2.08. The molecule has 0 bridgehead atoms. The molecular weight excluding hydrogens is 288 g/mol. The number of anilines is 1. The van der Waals surface area contributed by atoms with Gasteiger partial charge in [0.25, 0.3) is 0 Å². The van der Waals surface area contributed by atoms with Crippen LogP contribution in [0.3, 0.4) is 0 Å². The van der Waals surface area contributed by atoms with Crippen LogP contribution in [0.1, 0.15) is 11.5 Å². The van der Waals surface area contributed by atoms with E-state index < -0.39 is 10.0 Å². The first-order valence-electron chi connectivity index (χ1n) is 5.48. The van der Waals surface area contributed by atoms with Gasteiger partial charge in [0, 0.05) is 5.02 Å². The van der Waals surface area contributed by atoms with Crippen molar-refractivity contribution in [2.45, 2.75) is 18.4 Å². The largest absolute Gasteiger partial charge is 0.465 e. The van der Waals surface area contributed by atoms with E-state index in [2.05, 4.69) is 4.72 Å². The molecule has 0 unspecified atom stereocenters.